The fourth-order valence-corrected chi connectivity index (χ4v) is 1.38. The van der Waals surface area contributed by atoms with E-state index in [0.29, 0.717) is 17.6 Å². The molecule has 2 N–H and O–H groups in total. The standard InChI is InChI=1S/C13H26N2O3/c1-6-13(2,3)12(18)14-8-10-15(4,5)9-7-11(16)17/h6-10H2,1-5H3,(H-,14,16,17,18)/p+1. The van der Waals surface area contributed by atoms with Gasteiger partial charge in [-0.15, -0.1) is 0 Å². The lowest BCUT2D eigenvalue weighted by Crippen LogP contribution is -2.48. The van der Waals surface area contributed by atoms with Crippen LogP contribution in [0.1, 0.15) is 33.6 Å². The largest absolute Gasteiger partial charge is 0.481 e. The molecule has 106 valence electrons. The molecule has 0 heterocycles. The van der Waals surface area contributed by atoms with Crippen LogP contribution in [0, 0.1) is 5.41 Å². The predicted molar refractivity (Wildman–Crippen MR) is 71.2 cm³/mol. The number of carboxylic acid groups (broad SMARTS) is 1. The molecule has 18 heavy (non-hydrogen) atoms. The molecule has 1 amide bonds. The van der Waals surface area contributed by atoms with E-state index in [1.54, 1.807) is 0 Å². The molecule has 0 spiro atoms. The maximum atomic E-state index is 11.8. The molecule has 0 saturated carbocycles. The summed E-state index contributed by atoms with van der Waals surface area (Å²) in [6.07, 6.45) is 0.956. The minimum atomic E-state index is -0.780. The lowest BCUT2D eigenvalue weighted by Gasteiger charge is -2.30. The van der Waals surface area contributed by atoms with Gasteiger partial charge in [0.1, 0.15) is 0 Å². The Morgan fingerprint density at radius 3 is 2.22 bits per heavy atom. The Labute approximate surface area is 110 Å². The summed E-state index contributed by atoms with van der Waals surface area (Å²) in [5.74, 6) is -0.722. The predicted octanol–water partition coefficient (Wildman–Crippen LogP) is 1.09. The number of carboxylic acids is 1. The number of carbonyl (C=O) groups excluding carboxylic acids is 1. The van der Waals surface area contributed by atoms with E-state index in [4.69, 9.17) is 5.11 Å². The van der Waals surface area contributed by atoms with Crippen LogP contribution in [0.2, 0.25) is 0 Å². The fraction of sp³-hybridized carbons (Fsp3) is 0.846. The Balaban J connectivity index is 4.03. The number of hydrogen-bond donors (Lipinski definition) is 2. The number of rotatable bonds is 8. The molecule has 0 aliphatic rings. The molecule has 5 heteroatoms. The summed E-state index contributed by atoms with van der Waals surface area (Å²) in [6, 6.07) is 0. The molecular weight excluding hydrogens is 232 g/mol. The number of quaternary nitrogens is 1. The third-order valence-corrected chi connectivity index (χ3v) is 3.43. The molecule has 0 aromatic carbocycles. The minimum absolute atomic E-state index is 0.0586. The van der Waals surface area contributed by atoms with Crippen molar-refractivity contribution in [3.05, 3.63) is 0 Å². The molecule has 0 saturated heterocycles. The Kier molecular flexibility index (Phi) is 6.32. The van der Waals surface area contributed by atoms with E-state index >= 15 is 0 Å². The summed E-state index contributed by atoms with van der Waals surface area (Å²) in [4.78, 5) is 22.4. The topological polar surface area (TPSA) is 66.4 Å². The second-order valence-corrected chi connectivity index (χ2v) is 6.02. The van der Waals surface area contributed by atoms with E-state index < -0.39 is 5.97 Å². The first-order chi connectivity index (χ1) is 8.10. The second kappa shape index (κ2) is 6.73. The van der Waals surface area contributed by atoms with Crippen molar-refractivity contribution in [2.45, 2.75) is 33.6 Å². The first-order valence-electron chi connectivity index (χ1n) is 6.43. The van der Waals surface area contributed by atoms with E-state index in [9.17, 15) is 9.59 Å². The molecule has 5 nitrogen and oxygen atoms in total. The minimum Gasteiger partial charge on any atom is -0.481 e. The van der Waals surface area contributed by atoms with Gasteiger partial charge >= 0.3 is 5.97 Å². The zero-order valence-corrected chi connectivity index (χ0v) is 12.2. The van der Waals surface area contributed by atoms with Crippen LogP contribution in [0.3, 0.4) is 0 Å². The quantitative estimate of drug-likeness (QED) is 0.641. The van der Waals surface area contributed by atoms with Crippen molar-refractivity contribution in [2.24, 2.45) is 5.41 Å². The molecule has 0 aromatic heterocycles. The maximum Gasteiger partial charge on any atom is 0.309 e. The zero-order valence-electron chi connectivity index (χ0n) is 12.2. The van der Waals surface area contributed by atoms with Crippen molar-refractivity contribution in [1.29, 1.82) is 0 Å². The van der Waals surface area contributed by atoms with E-state index in [2.05, 4.69) is 5.32 Å². The van der Waals surface area contributed by atoms with Crippen LogP contribution < -0.4 is 5.32 Å². The second-order valence-electron chi connectivity index (χ2n) is 6.02. The van der Waals surface area contributed by atoms with E-state index in [0.717, 1.165) is 13.0 Å². The van der Waals surface area contributed by atoms with Crippen LogP contribution in [0.15, 0.2) is 0 Å². The molecule has 0 aliphatic heterocycles. The summed E-state index contributed by atoms with van der Waals surface area (Å²) < 4.78 is 0.596. The van der Waals surface area contributed by atoms with E-state index in [1.165, 1.54) is 0 Å². The number of carbonyl (C=O) groups is 2. The van der Waals surface area contributed by atoms with Crippen molar-refractivity contribution >= 4 is 11.9 Å². The van der Waals surface area contributed by atoms with E-state index in [-0.39, 0.29) is 17.7 Å². The molecule has 0 fully saturated rings. The highest BCUT2D eigenvalue weighted by atomic mass is 16.4. The van der Waals surface area contributed by atoms with Gasteiger partial charge in [-0.25, -0.2) is 0 Å². The smallest absolute Gasteiger partial charge is 0.309 e. The van der Waals surface area contributed by atoms with Crippen LogP contribution in [-0.4, -0.2) is 55.2 Å². The normalized spacial score (nSPS) is 12.3. The van der Waals surface area contributed by atoms with Gasteiger partial charge in [0.15, 0.2) is 0 Å². The molecule has 0 rings (SSSR count). The third-order valence-electron chi connectivity index (χ3n) is 3.43. The summed E-state index contributed by atoms with van der Waals surface area (Å²) in [6.45, 7) is 7.72. The van der Waals surface area contributed by atoms with Crippen molar-refractivity contribution in [2.75, 3.05) is 33.7 Å². The van der Waals surface area contributed by atoms with Gasteiger partial charge in [0, 0.05) is 5.41 Å². The number of amides is 1. The highest BCUT2D eigenvalue weighted by Crippen LogP contribution is 2.19. The lowest BCUT2D eigenvalue weighted by molar-refractivity contribution is -0.888. The van der Waals surface area contributed by atoms with Crippen LogP contribution in [0.5, 0.6) is 0 Å². The van der Waals surface area contributed by atoms with Gasteiger partial charge in [0.05, 0.1) is 40.2 Å². The third kappa shape index (κ3) is 6.59. The monoisotopic (exact) mass is 259 g/mol. The molecule has 0 unspecified atom stereocenters. The maximum absolute atomic E-state index is 11.8. The van der Waals surface area contributed by atoms with Gasteiger partial charge in [0.2, 0.25) is 5.91 Å². The first-order valence-corrected chi connectivity index (χ1v) is 6.43. The fourth-order valence-electron chi connectivity index (χ4n) is 1.38. The van der Waals surface area contributed by atoms with Crippen molar-refractivity contribution in [3.8, 4) is 0 Å². The number of nitrogens with zero attached hydrogens (tertiary/aromatic N) is 1. The average molecular weight is 259 g/mol. The van der Waals surface area contributed by atoms with Gasteiger partial charge in [0.25, 0.3) is 0 Å². The number of likely N-dealkylation sites (N-methyl/N-ethyl adjacent to an activating group) is 1. The molecule has 0 radical (unpaired) electrons. The molecule has 0 aliphatic carbocycles. The van der Waals surface area contributed by atoms with Crippen LogP contribution in [0.4, 0.5) is 0 Å². The molecule has 0 bridgehead atoms. The Morgan fingerprint density at radius 2 is 1.78 bits per heavy atom. The summed E-state index contributed by atoms with van der Waals surface area (Å²) in [5.41, 5.74) is -0.335. The van der Waals surface area contributed by atoms with Crippen molar-refractivity contribution in [1.82, 2.24) is 5.32 Å². The highest BCUT2D eigenvalue weighted by Gasteiger charge is 2.25. The Morgan fingerprint density at radius 1 is 1.22 bits per heavy atom. The summed E-state index contributed by atoms with van der Waals surface area (Å²) in [7, 11) is 3.94. The molecule has 0 atom stereocenters. The van der Waals surface area contributed by atoms with Crippen molar-refractivity contribution < 1.29 is 19.2 Å². The van der Waals surface area contributed by atoms with Gasteiger partial charge in [-0.05, 0) is 6.42 Å². The number of aliphatic carboxylic acids is 1. The van der Waals surface area contributed by atoms with Crippen molar-refractivity contribution in [3.63, 3.8) is 0 Å². The number of nitrogens with one attached hydrogen (secondary N) is 1. The van der Waals surface area contributed by atoms with Gasteiger partial charge in [-0.3, -0.25) is 9.59 Å². The SMILES string of the molecule is CCC(C)(C)C(=O)NCC[N+](C)(C)CCC(=O)O. The average Bonchev–Trinajstić information content (AvgIpc) is 2.26. The number of hydrogen-bond acceptors (Lipinski definition) is 2. The summed E-state index contributed by atoms with van der Waals surface area (Å²) in [5, 5.41) is 11.6. The zero-order chi connectivity index (χ0) is 14.4. The van der Waals surface area contributed by atoms with Crippen LogP contribution in [-0.2, 0) is 9.59 Å². The van der Waals surface area contributed by atoms with Crippen LogP contribution in [0.25, 0.3) is 0 Å². The highest BCUT2D eigenvalue weighted by molar-refractivity contribution is 5.81. The lowest BCUT2D eigenvalue weighted by atomic mass is 9.89. The molecular formula is C13H27N2O3+. The molecule has 0 aromatic rings. The van der Waals surface area contributed by atoms with Gasteiger partial charge < -0.3 is 14.9 Å². The summed E-state index contributed by atoms with van der Waals surface area (Å²) >= 11 is 0. The van der Waals surface area contributed by atoms with Gasteiger partial charge in [-0.2, -0.15) is 0 Å². The first kappa shape index (κ1) is 16.9. The Bertz CT molecular complexity index is 299. The van der Waals surface area contributed by atoms with E-state index in [1.807, 2.05) is 34.9 Å². The van der Waals surface area contributed by atoms with Gasteiger partial charge in [-0.1, -0.05) is 20.8 Å². The Hall–Kier alpha value is -1.10. The van der Waals surface area contributed by atoms with Crippen LogP contribution >= 0.6 is 0 Å².